The molecule has 4 heteroatoms. The van der Waals surface area contributed by atoms with Crippen molar-refractivity contribution < 1.29 is 4.79 Å². The van der Waals surface area contributed by atoms with E-state index < -0.39 is 0 Å². The summed E-state index contributed by atoms with van der Waals surface area (Å²) in [6.45, 7) is 2.63. The summed E-state index contributed by atoms with van der Waals surface area (Å²) in [4.78, 5) is 11.7. The quantitative estimate of drug-likeness (QED) is 0.893. The van der Waals surface area contributed by atoms with E-state index in [1.54, 1.807) is 0 Å². The Labute approximate surface area is 110 Å². The Kier molecular flexibility index (Phi) is 4.57. The van der Waals surface area contributed by atoms with Crippen molar-refractivity contribution >= 4 is 21.8 Å². The van der Waals surface area contributed by atoms with Crippen LogP contribution in [0.5, 0.6) is 0 Å². The molecule has 3 nitrogen and oxygen atoms in total. The summed E-state index contributed by atoms with van der Waals surface area (Å²) in [5.41, 5.74) is 1.12. The molecule has 1 saturated heterocycles. The van der Waals surface area contributed by atoms with Gasteiger partial charge < -0.3 is 10.6 Å². The van der Waals surface area contributed by atoms with Crippen molar-refractivity contribution in [2.45, 2.75) is 19.4 Å². The van der Waals surface area contributed by atoms with Gasteiger partial charge in [-0.25, -0.2) is 0 Å². The second-order valence-corrected chi connectivity index (χ2v) is 5.39. The first-order valence-electron chi connectivity index (χ1n) is 5.96. The molecule has 2 rings (SSSR count). The molecule has 0 spiro atoms. The van der Waals surface area contributed by atoms with Gasteiger partial charge in [0.05, 0.1) is 0 Å². The topological polar surface area (TPSA) is 41.1 Å². The van der Waals surface area contributed by atoms with Gasteiger partial charge in [0.2, 0.25) is 5.91 Å². The van der Waals surface area contributed by atoms with Crippen LogP contribution in [0.15, 0.2) is 28.7 Å². The lowest BCUT2D eigenvalue weighted by atomic mass is 10.0. The number of carbonyl (C=O) groups is 1. The number of benzene rings is 1. The second-order valence-electron chi connectivity index (χ2n) is 4.47. The first kappa shape index (κ1) is 12.6. The maximum absolute atomic E-state index is 11.7. The van der Waals surface area contributed by atoms with Gasteiger partial charge in [-0.05, 0) is 43.1 Å². The van der Waals surface area contributed by atoms with Crippen molar-refractivity contribution in [3.05, 3.63) is 34.3 Å². The summed E-state index contributed by atoms with van der Waals surface area (Å²) in [7, 11) is 0. The number of hydrogen-bond acceptors (Lipinski definition) is 2. The molecule has 1 heterocycles. The average Bonchev–Trinajstić information content (AvgIpc) is 2.79. The van der Waals surface area contributed by atoms with E-state index in [2.05, 4.69) is 26.6 Å². The number of carbonyl (C=O) groups excluding carboxylic acids is 1. The van der Waals surface area contributed by atoms with Crippen molar-refractivity contribution in [2.24, 2.45) is 5.92 Å². The van der Waals surface area contributed by atoms with Crippen molar-refractivity contribution in [1.82, 2.24) is 10.6 Å². The third-order valence-corrected chi connectivity index (χ3v) is 3.51. The zero-order valence-corrected chi connectivity index (χ0v) is 11.3. The van der Waals surface area contributed by atoms with Crippen molar-refractivity contribution in [3.8, 4) is 0 Å². The van der Waals surface area contributed by atoms with Crippen LogP contribution in [0.1, 0.15) is 18.4 Å². The molecule has 1 fully saturated rings. The summed E-state index contributed by atoms with van der Waals surface area (Å²) < 4.78 is 1.05. The maximum atomic E-state index is 11.7. The normalized spacial score (nSPS) is 19.2. The number of halogens is 1. The Hall–Kier alpha value is -0.870. The molecule has 0 radical (unpaired) electrons. The van der Waals surface area contributed by atoms with Crippen molar-refractivity contribution in [2.75, 3.05) is 13.1 Å². The molecule has 1 aromatic carbocycles. The van der Waals surface area contributed by atoms with Crippen LogP contribution in [-0.4, -0.2) is 19.0 Å². The van der Waals surface area contributed by atoms with Crippen molar-refractivity contribution in [1.29, 1.82) is 0 Å². The molecule has 2 N–H and O–H groups in total. The van der Waals surface area contributed by atoms with Gasteiger partial charge in [0, 0.05) is 17.4 Å². The average molecular weight is 297 g/mol. The highest BCUT2D eigenvalue weighted by molar-refractivity contribution is 9.10. The van der Waals surface area contributed by atoms with Gasteiger partial charge in [0.1, 0.15) is 0 Å². The highest BCUT2D eigenvalue weighted by Gasteiger charge is 2.17. The SMILES string of the molecule is O=C(CC1CCNC1)NCc1cccc(Br)c1. The highest BCUT2D eigenvalue weighted by Crippen LogP contribution is 2.13. The van der Waals surface area contributed by atoms with E-state index in [4.69, 9.17) is 0 Å². The van der Waals surface area contributed by atoms with Crippen LogP contribution in [-0.2, 0) is 11.3 Å². The van der Waals surface area contributed by atoms with Gasteiger partial charge in [-0.3, -0.25) is 4.79 Å². The predicted molar refractivity (Wildman–Crippen MR) is 71.6 cm³/mol. The first-order valence-corrected chi connectivity index (χ1v) is 6.75. The highest BCUT2D eigenvalue weighted by atomic mass is 79.9. The molecule has 17 heavy (non-hydrogen) atoms. The number of amides is 1. The molecular weight excluding hydrogens is 280 g/mol. The minimum absolute atomic E-state index is 0.152. The summed E-state index contributed by atoms with van der Waals surface area (Å²) in [5, 5.41) is 6.24. The zero-order chi connectivity index (χ0) is 12.1. The van der Waals surface area contributed by atoms with Crippen LogP contribution >= 0.6 is 15.9 Å². The fourth-order valence-electron chi connectivity index (χ4n) is 2.07. The number of rotatable bonds is 4. The Morgan fingerprint density at radius 2 is 2.41 bits per heavy atom. The van der Waals surface area contributed by atoms with E-state index in [1.165, 1.54) is 0 Å². The summed E-state index contributed by atoms with van der Waals surface area (Å²) >= 11 is 3.42. The third kappa shape index (κ3) is 4.13. The van der Waals surface area contributed by atoms with Crippen LogP contribution in [0.3, 0.4) is 0 Å². The largest absolute Gasteiger partial charge is 0.352 e. The lowest BCUT2D eigenvalue weighted by Gasteiger charge is -2.09. The van der Waals surface area contributed by atoms with Crippen LogP contribution < -0.4 is 10.6 Å². The van der Waals surface area contributed by atoms with Gasteiger partial charge >= 0.3 is 0 Å². The Morgan fingerprint density at radius 1 is 1.53 bits per heavy atom. The zero-order valence-electron chi connectivity index (χ0n) is 9.71. The molecule has 92 valence electrons. The monoisotopic (exact) mass is 296 g/mol. The first-order chi connectivity index (χ1) is 8.24. The van der Waals surface area contributed by atoms with Gasteiger partial charge in [-0.2, -0.15) is 0 Å². The maximum Gasteiger partial charge on any atom is 0.220 e. The van der Waals surface area contributed by atoms with E-state index in [1.807, 2.05) is 24.3 Å². The number of nitrogens with one attached hydrogen (secondary N) is 2. The fourth-order valence-corrected chi connectivity index (χ4v) is 2.52. The minimum Gasteiger partial charge on any atom is -0.352 e. The molecule has 1 unspecified atom stereocenters. The van der Waals surface area contributed by atoms with E-state index in [9.17, 15) is 4.79 Å². The van der Waals surface area contributed by atoms with Gasteiger partial charge in [0.25, 0.3) is 0 Å². The minimum atomic E-state index is 0.152. The lowest BCUT2D eigenvalue weighted by molar-refractivity contribution is -0.122. The van der Waals surface area contributed by atoms with Crippen LogP contribution in [0, 0.1) is 5.92 Å². The standard InChI is InChI=1S/C13H17BrN2O/c14-12-3-1-2-10(6-12)9-16-13(17)7-11-4-5-15-8-11/h1-3,6,11,15H,4-5,7-9H2,(H,16,17). The lowest BCUT2D eigenvalue weighted by Crippen LogP contribution is -2.25. The number of hydrogen-bond donors (Lipinski definition) is 2. The summed E-state index contributed by atoms with van der Waals surface area (Å²) in [6, 6.07) is 8.00. The molecule has 1 amide bonds. The molecule has 1 aliphatic rings. The Morgan fingerprint density at radius 3 is 3.12 bits per heavy atom. The van der Waals surface area contributed by atoms with Crippen LogP contribution in [0.25, 0.3) is 0 Å². The summed E-state index contributed by atoms with van der Waals surface area (Å²) in [5.74, 6) is 0.663. The van der Waals surface area contributed by atoms with Crippen molar-refractivity contribution in [3.63, 3.8) is 0 Å². The molecule has 0 aromatic heterocycles. The molecule has 0 saturated carbocycles. The molecule has 1 aliphatic heterocycles. The smallest absolute Gasteiger partial charge is 0.220 e. The summed E-state index contributed by atoms with van der Waals surface area (Å²) in [6.07, 6.45) is 1.76. The van der Waals surface area contributed by atoms with Crippen LogP contribution in [0.2, 0.25) is 0 Å². The Balaban J connectivity index is 1.75. The third-order valence-electron chi connectivity index (χ3n) is 3.02. The van der Waals surface area contributed by atoms with Crippen LogP contribution in [0.4, 0.5) is 0 Å². The van der Waals surface area contributed by atoms with E-state index in [0.29, 0.717) is 18.9 Å². The molecular formula is C13H17BrN2O. The van der Waals surface area contributed by atoms with E-state index >= 15 is 0 Å². The van der Waals surface area contributed by atoms with Gasteiger partial charge in [0.15, 0.2) is 0 Å². The molecule has 1 atom stereocenters. The molecule has 1 aromatic rings. The molecule has 0 bridgehead atoms. The van der Waals surface area contributed by atoms with Gasteiger partial charge in [-0.1, -0.05) is 28.1 Å². The fraction of sp³-hybridized carbons (Fsp3) is 0.462. The predicted octanol–water partition coefficient (Wildman–Crippen LogP) is 2.06. The molecule has 0 aliphatic carbocycles. The van der Waals surface area contributed by atoms with E-state index in [-0.39, 0.29) is 5.91 Å². The second kappa shape index (κ2) is 6.17. The van der Waals surface area contributed by atoms with E-state index in [0.717, 1.165) is 29.5 Å². The van der Waals surface area contributed by atoms with Gasteiger partial charge in [-0.15, -0.1) is 0 Å². The Bertz CT molecular complexity index is 389.